The molecule has 2 amide bonds. The Bertz CT molecular complexity index is 1350. The monoisotopic (exact) mass is 564 g/mol. The molecule has 218 valence electrons. The normalized spacial score (nSPS) is 20.8. The number of carbonyl (C=O) groups excluding carboxylic acids is 1. The first kappa shape index (κ1) is 28.4. The van der Waals surface area contributed by atoms with Crippen molar-refractivity contribution in [1.82, 2.24) is 25.1 Å². The number of piperazine rings is 1. The predicted molar refractivity (Wildman–Crippen MR) is 154 cm³/mol. The lowest BCUT2D eigenvalue weighted by molar-refractivity contribution is 0.0624. The van der Waals surface area contributed by atoms with Crippen molar-refractivity contribution < 1.29 is 23.8 Å². The molecular weight excluding hydrogens is 527 g/mol. The smallest absolute Gasteiger partial charge is 0.404 e. The van der Waals surface area contributed by atoms with E-state index in [1.807, 2.05) is 39.8 Å². The second-order valence-corrected chi connectivity index (χ2v) is 10.5. The van der Waals surface area contributed by atoms with E-state index in [2.05, 4.69) is 20.9 Å². The molecule has 4 N–H and O–H groups in total. The van der Waals surface area contributed by atoms with Gasteiger partial charge in [0, 0.05) is 37.8 Å². The van der Waals surface area contributed by atoms with Crippen LogP contribution in [0.2, 0.25) is 0 Å². The zero-order chi connectivity index (χ0) is 28.8. The van der Waals surface area contributed by atoms with Crippen LogP contribution in [0.5, 0.6) is 5.75 Å². The van der Waals surface area contributed by atoms with E-state index in [0.29, 0.717) is 49.7 Å². The van der Waals surface area contributed by atoms with Crippen molar-refractivity contribution in [2.75, 3.05) is 38.6 Å². The molecule has 2 fully saturated rings. The summed E-state index contributed by atoms with van der Waals surface area (Å²) in [5.41, 5.74) is 2.50. The van der Waals surface area contributed by atoms with Crippen LogP contribution in [0.4, 0.5) is 14.9 Å². The van der Waals surface area contributed by atoms with Gasteiger partial charge in [0.1, 0.15) is 0 Å². The number of imidazole rings is 1. The molecule has 10 nitrogen and oxygen atoms in total. The minimum atomic E-state index is -1.05. The molecule has 2 aromatic carbocycles. The number of para-hydroxylation sites is 1. The summed E-state index contributed by atoms with van der Waals surface area (Å²) in [6, 6.07) is 13.9. The fourth-order valence-corrected chi connectivity index (χ4v) is 6.07. The third kappa shape index (κ3) is 6.30. The lowest BCUT2D eigenvalue weighted by Crippen LogP contribution is -2.54. The maximum absolute atomic E-state index is 14.2. The van der Waals surface area contributed by atoms with Gasteiger partial charge in [0.05, 0.1) is 36.9 Å². The lowest BCUT2D eigenvalue weighted by atomic mass is 9.89. The van der Waals surface area contributed by atoms with E-state index in [4.69, 9.17) is 4.74 Å². The number of methoxy groups -OCH3 is 1. The van der Waals surface area contributed by atoms with Gasteiger partial charge in [-0.05, 0) is 31.4 Å². The first-order chi connectivity index (χ1) is 20.0. The van der Waals surface area contributed by atoms with Gasteiger partial charge in [0.2, 0.25) is 0 Å². The van der Waals surface area contributed by atoms with Gasteiger partial charge in [-0.25, -0.2) is 14.2 Å². The van der Waals surface area contributed by atoms with Crippen LogP contribution >= 0.6 is 0 Å². The third-order valence-corrected chi connectivity index (χ3v) is 8.01. The van der Waals surface area contributed by atoms with E-state index in [-0.39, 0.29) is 29.8 Å². The van der Waals surface area contributed by atoms with Crippen molar-refractivity contribution in [3.05, 3.63) is 66.4 Å². The van der Waals surface area contributed by atoms with Crippen LogP contribution in [0.3, 0.4) is 0 Å². The molecular formula is C30H37FN6O4. The summed E-state index contributed by atoms with van der Waals surface area (Å²) in [5.74, 6) is -0.425. The number of anilines is 1. The van der Waals surface area contributed by atoms with Crippen LogP contribution in [0.25, 0.3) is 11.3 Å². The molecule has 0 bridgehead atoms. The molecule has 1 aliphatic heterocycles. The van der Waals surface area contributed by atoms with E-state index in [1.54, 1.807) is 18.5 Å². The molecule has 3 atom stereocenters. The first-order valence-electron chi connectivity index (χ1n) is 14.2. The minimum Gasteiger partial charge on any atom is -0.492 e. The molecule has 0 spiro atoms. The largest absolute Gasteiger partial charge is 0.492 e. The van der Waals surface area contributed by atoms with E-state index < -0.39 is 11.9 Å². The SMILES string of the molecule is COc1c(F)cccc1NCC[C@@H]1CNCCN1C(=O)c1ncn([C@H]2CCCC[C@@H]2NC(=O)O)c1-c1ccccc1. The number of nitrogens with one attached hydrogen (secondary N) is 3. The fraction of sp³-hybridized carbons (Fsp3) is 0.433. The van der Waals surface area contributed by atoms with Crippen LogP contribution in [0.1, 0.15) is 48.6 Å². The number of halogens is 1. The third-order valence-electron chi connectivity index (χ3n) is 8.01. The van der Waals surface area contributed by atoms with E-state index in [1.165, 1.54) is 13.2 Å². The molecule has 41 heavy (non-hydrogen) atoms. The molecule has 2 heterocycles. The minimum absolute atomic E-state index is 0.104. The van der Waals surface area contributed by atoms with Crippen molar-refractivity contribution in [2.24, 2.45) is 0 Å². The van der Waals surface area contributed by atoms with Gasteiger partial charge in [-0.2, -0.15) is 0 Å². The van der Waals surface area contributed by atoms with E-state index in [9.17, 15) is 19.1 Å². The Morgan fingerprint density at radius 1 is 1.15 bits per heavy atom. The van der Waals surface area contributed by atoms with Crippen molar-refractivity contribution >= 4 is 17.7 Å². The highest BCUT2D eigenvalue weighted by Gasteiger charge is 2.35. The van der Waals surface area contributed by atoms with Gasteiger partial charge < -0.3 is 35.3 Å². The Morgan fingerprint density at radius 3 is 2.73 bits per heavy atom. The number of ether oxygens (including phenoxy) is 1. The molecule has 11 heteroatoms. The number of carbonyl (C=O) groups is 2. The second-order valence-electron chi connectivity index (χ2n) is 10.5. The van der Waals surface area contributed by atoms with Crippen LogP contribution in [0, 0.1) is 5.82 Å². The van der Waals surface area contributed by atoms with Crippen LogP contribution in [0.15, 0.2) is 54.9 Å². The van der Waals surface area contributed by atoms with Crippen molar-refractivity contribution in [2.45, 2.75) is 50.2 Å². The van der Waals surface area contributed by atoms with Crippen LogP contribution in [-0.2, 0) is 0 Å². The Kier molecular flexibility index (Phi) is 9.03. The van der Waals surface area contributed by atoms with Gasteiger partial charge in [0.15, 0.2) is 17.3 Å². The maximum Gasteiger partial charge on any atom is 0.404 e. The highest BCUT2D eigenvalue weighted by atomic mass is 19.1. The number of rotatable bonds is 9. The second kappa shape index (κ2) is 13.0. The predicted octanol–water partition coefficient (Wildman–Crippen LogP) is 4.37. The molecule has 1 aromatic heterocycles. The molecule has 1 saturated carbocycles. The lowest BCUT2D eigenvalue weighted by Gasteiger charge is -2.36. The zero-order valence-electron chi connectivity index (χ0n) is 23.2. The highest BCUT2D eigenvalue weighted by molar-refractivity contribution is 5.98. The summed E-state index contributed by atoms with van der Waals surface area (Å²) in [7, 11) is 1.44. The number of aromatic nitrogens is 2. The number of carboxylic acid groups (broad SMARTS) is 1. The van der Waals surface area contributed by atoms with E-state index in [0.717, 1.165) is 31.2 Å². The summed E-state index contributed by atoms with van der Waals surface area (Å²) >= 11 is 0. The van der Waals surface area contributed by atoms with E-state index >= 15 is 0 Å². The number of nitrogens with zero attached hydrogens (tertiary/aromatic N) is 3. The standard InChI is InChI=1S/C30H37FN6O4/c1-41-28-22(31)10-7-12-24(28)33-15-14-21-18-32-16-17-36(21)29(38)26-27(20-8-3-2-4-9-20)37(19-34-26)25-13-6-5-11-23(25)35-30(39)40/h2-4,7-10,12,19,21,23,25,32-33,35H,5-6,11,13-18H2,1H3,(H,39,40)/t21-,23+,25+/m1/s1. The number of benzene rings is 2. The molecule has 2 aliphatic rings. The Balaban J connectivity index is 1.40. The van der Waals surface area contributed by atoms with Gasteiger partial charge in [0.25, 0.3) is 5.91 Å². The fourth-order valence-electron chi connectivity index (χ4n) is 6.07. The number of amides is 2. The molecule has 1 aliphatic carbocycles. The Morgan fingerprint density at radius 2 is 1.95 bits per heavy atom. The summed E-state index contributed by atoms with van der Waals surface area (Å²) in [5, 5.41) is 18.8. The molecule has 0 unspecified atom stereocenters. The quantitative estimate of drug-likeness (QED) is 0.305. The average molecular weight is 565 g/mol. The van der Waals surface area contributed by atoms with Gasteiger partial charge in [-0.1, -0.05) is 49.2 Å². The average Bonchev–Trinajstić information content (AvgIpc) is 3.43. The van der Waals surface area contributed by atoms with Crippen LogP contribution in [-0.4, -0.2) is 76.9 Å². The van der Waals surface area contributed by atoms with Crippen molar-refractivity contribution in [3.63, 3.8) is 0 Å². The Hall–Kier alpha value is -4.12. The number of hydrogen-bond acceptors (Lipinski definition) is 6. The van der Waals surface area contributed by atoms with Crippen LogP contribution < -0.4 is 20.7 Å². The summed E-state index contributed by atoms with van der Waals surface area (Å²) in [4.78, 5) is 32.2. The highest BCUT2D eigenvalue weighted by Crippen LogP contribution is 2.35. The molecule has 0 radical (unpaired) electrons. The van der Waals surface area contributed by atoms with Gasteiger partial charge >= 0.3 is 6.09 Å². The van der Waals surface area contributed by atoms with Gasteiger partial charge in [-0.3, -0.25) is 4.79 Å². The maximum atomic E-state index is 14.2. The molecule has 1 saturated heterocycles. The first-order valence-corrected chi connectivity index (χ1v) is 14.2. The number of hydrogen-bond donors (Lipinski definition) is 4. The topological polar surface area (TPSA) is 121 Å². The zero-order valence-corrected chi connectivity index (χ0v) is 23.2. The van der Waals surface area contributed by atoms with Crippen molar-refractivity contribution in [1.29, 1.82) is 0 Å². The summed E-state index contributed by atoms with van der Waals surface area (Å²) < 4.78 is 21.3. The molecule has 3 aromatic rings. The van der Waals surface area contributed by atoms with Crippen molar-refractivity contribution in [3.8, 4) is 17.0 Å². The molecule has 5 rings (SSSR count). The summed E-state index contributed by atoms with van der Waals surface area (Å²) in [6.07, 6.45) is 4.72. The Labute approximate surface area is 238 Å². The van der Waals surface area contributed by atoms with Gasteiger partial charge in [-0.15, -0.1) is 0 Å². The summed E-state index contributed by atoms with van der Waals surface area (Å²) in [6.45, 7) is 2.34.